The van der Waals surface area contributed by atoms with Gasteiger partial charge < -0.3 is 14.8 Å². The minimum atomic E-state index is -0.449. The lowest BCUT2D eigenvalue weighted by atomic mass is 10.0. The van der Waals surface area contributed by atoms with Crippen LogP contribution in [0.5, 0.6) is 11.5 Å². The number of benzene rings is 1. The van der Waals surface area contributed by atoms with E-state index in [0.29, 0.717) is 42.1 Å². The van der Waals surface area contributed by atoms with Crippen LogP contribution in [-0.2, 0) is 11.3 Å². The first kappa shape index (κ1) is 15.9. The van der Waals surface area contributed by atoms with E-state index in [2.05, 4.69) is 5.32 Å². The van der Waals surface area contributed by atoms with Crippen LogP contribution in [0.1, 0.15) is 25.8 Å². The third-order valence-corrected chi connectivity index (χ3v) is 4.09. The maximum absolute atomic E-state index is 12.4. The minimum absolute atomic E-state index is 0.162. The minimum Gasteiger partial charge on any atom is -0.486 e. The van der Waals surface area contributed by atoms with Gasteiger partial charge in [0, 0.05) is 0 Å². The van der Waals surface area contributed by atoms with E-state index in [1.54, 1.807) is 12.1 Å². The van der Waals surface area contributed by atoms with Gasteiger partial charge in [-0.05, 0) is 30.0 Å². The smallest absolute Gasteiger partial charge is 0.325 e. The molecular formula is C16H19ClN2O4. The summed E-state index contributed by atoms with van der Waals surface area (Å²) >= 11 is 6.19. The zero-order valence-electron chi connectivity index (χ0n) is 13.1. The number of halogens is 1. The number of amides is 3. The molecule has 1 unspecified atom stereocenters. The molecule has 23 heavy (non-hydrogen) atoms. The summed E-state index contributed by atoms with van der Waals surface area (Å²) in [7, 11) is 0. The molecule has 0 bridgehead atoms. The Balaban J connectivity index is 1.78. The number of hydrogen-bond donors (Lipinski definition) is 1. The molecule has 2 heterocycles. The van der Waals surface area contributed by atoms with Gasteiger partial charge in [0.1, 0.15) is 19.3 Å². The molecule has 2 aliphatic heterocycles. The van der Waals surface area contributed by atoms with Crippen LogP contribution in [0.4, 0.5) is 4.79 Å². The van der Waals surface area contributed by atoms with Crippen LogP contribution in [0.3, 0.4) is 0 Å². The second kappa shape index (κ2) is 6.28. The number of nitrogens with one attached hydrogen (secondary N) is 1. The standard InChI is InChI=1S/C16H19ClN2O4/c1-9(2)5-12-15(20)19(16(21)18-12)8-10-6-11(17)14-13(7-10)22-3-4-23-14/h6-7,9,12H,3-5,8H2,1-2H3,(H,18,21). The number of imide groups is 1. The van der Waals surface area contributed by atoms with E-state index in [9.17, 15) is 9.59 Å². The zero-order chi connectivity index (χ0) is 16.6. The van der Waals surface area contributed by atoms with Gasteiger partial charge in [0.15, 0.2) is 11.5 Å². The van der Waals surface area contributed by atoms with Crippen LogP contribution < -0.4 is 14.8 Å². The third kappa shape index (κ3) is 3.22. The first-order chi connectivity index (χ1) is 11.0. The number of fused-ring (bicyclic) bond motifs is 1. The highest BCUT2D eigenvalue weighted by Gasteiger charge is 2.38. The fourth-order valence-electron chi connectivity index (χ4n) is 2.80. The Morgan fingerprint density at radius 2 is 2.04 bits per heavy atom. The molecule has 2 aliphatic rings. The number of hydrogen-bond acceptors (Lipinski definition) is 4. The molecule has 1 N–H and O–H groups in total. The lowest BCUT2D eigenvalue weighted by Crippen LogP contribution is -2.31. The van der Waals surface area contributed by atoms with Crippen molar-refractivity contribution >= 4 is 23.5 Å². The molecule has 3 rings (SSSR count). The van der Waals surface area contributed by atoms with Crippen LogP contribution >= 0.6 is 11.6 Å². The highest BCUT2D eigenvalue weighted by atomic mass is 35.5. The number of rotatable bonds is 4. The van der Waals surface area contributed by atoms with Gasteiger partial charge in [0.25, 0.3) is 5.91 Å². The molecule has 7 heteroatoms. The van der Waals surface area contributed by atoms with Crippen LogP contribution in [0.2, 0.25) is 5.02 Å². The van der Waals surface area contributed by atoms with Crippen molar-refractivity contribution in [3.05, 3.63) is 22.7 Å². The molecule has 1 saturated heterocycles. The molecule has 1 aromatic carbocycles. The predicted molar refractivity (Wildman–Crippen MR) is 84.8 cm³/mol. The van der Waals surface area contributed by atoms with Gasteiger partial charge in [-0.2, -0.15) is 0 Å². The number of nitrogens with zero attached hydrogens (tertiary/aromatic N) is 1. The Kier molecular flexibility index (Phi) is 4.35. The number of carbonyl (C=O) groups excluding carboxylic acids is 2. The van der Waals surface area contributed by atoms with Crippen molar-refractivity contribution in [2.75, 3.05) is 13.2 Å². The van der Waals surface area contributed by atoms with Crippen molar-refractivity contribution in [1.29, 1.82) is 0 Å². The molecule has 124 valence electrons. The van der Waals surface area contributed by atoms with Crippen LogP contribution in [0.25, 0.3) is 0 Å². The van der Waals surface area contributed by atoms with Gasteiger partial charge in [0.05, 0.1) is 11.6 Å². The quantitative estimate of drug-likeness (QED) is 0.857. The van der Waals surface area contributed by atoms with E-state index in [0.717, 1.165) is 5.56 Å². The van der Waals surface area contributed by atoms with E-state index < -0.39 is 6.04 Å². The number of ether oxygens (including phenoxy) is 2. The van der Waals surface area contributed by atoms with E-state index in [-0.39, 0.29) is 18.5 Å². The van der Waals surface area contributed by atoms with Crippen molar-refractivity contribution in [1.82, 2.24) is 10.2 Å². The number of carbonyl (C=O) groups is 2. The van der Waals surface area contributed by atoms with E-state index in [4.69, 9.17) is 21.1 Å². The topological polar surface area (TPSA) is 67.9 Å². The maximum atomic E-state index is 12.4. The largest absolute Gasteiger partial charge is 0.486 e. The fourth-order valence-corrected chi connectivity index (χ4v) is 3.08. The molecule has 1 atom stereocenters. The van der Waals surface area contributed by atoms with Crippen LogP contribution in [0.15, 0.2) is 12.1 Å². The van der Waals surface area contributed by atoms with Crippen molar-refractivity contribution in [3.63, 3.8) is 0 Å². The average molecular weight is 339 g/mol. The molecule has 1 fully saturated rings. The second-order valence-corrected chi connectivity index (χ2v) is 6.57. The lowest BCUT2D eigenvalue weighted by Gasteiger charge is -2.21. The predicted octanol–water partition coefficient (Wildman–Crippen LogP) is 2.58. The Labute approximate surface area is 139 Å². The summed E-state index contributed by atoms with van der Waals surface area (Å²) in [5.41, 5.74) is 0.730. The second-order valence-electron chi connectivity index (χ2n) is 6.16. The van der Waals surface area contributed by atoms with Crippen molar-refractivity contribution < 1.29 is 19.1 Å². The number of urea groups is 1. The first-order valence-corrected chi connectivity index (χ1v) is 8.03. The highest BCUT2D eigenvalue weighted by Crippen LogP contribution is 2.38. The summed E-state index contributed by atoms with van der Waals surface area (Å²) in [6.07, 6.45) is 0.628. The molecule has 0 aromatic heterocycles. The summed E-state index contributed by atoms with van der Waals surface area (Å²) in [5.74, 6) is 1.18. The van der Waals surface area contributed by atoms with Crippen molar-refractivity contribution in [2.24, 2.45) is 5.92 Å². The molecule has 0 aliphatic carbocycles. The van der Waals surface area contributed by atoms with E-state index in [1.807, 2.05) is 13.8 Å². The molecule has 0 spiro atoms. The first-order valence-electron chi connectivity index (χ1n) is 7.65. The summed E-state index contributed by atoms with van der Waals surface area (Å²) in [6.45, 7) is 5.10. The zero-order valence-corrected chi connectivity index (χ0v) is 13.9. The molecule has 6 nitrogen and oxygen atoms in total. The monoisotopic (exact) mass is 338 g/mol. The molecular weight excluding hydrogens is 320 g/mol. The van der Waals surface area contributed by atoms with Gasteiger partial charge in [-0.1, -0.05) is 25.4 Å². The highest BCUT2D eigenvalue weighted by molar-refractivity contribution is 6.32. The van der Waals surface area contributed by atoms with E-state index >= 15 is 0 Å². The van der Waals surface area contributed by atoms with Crippen molar-refractivity contribution in [3.8, 4) is 11.5 Å². The molecule has 3 amide bonds. The maximum Gasteiger partial charge on any atom is 0.325 e. The molecule has 0 radical (unpaired) electrons. The Morgan fingerprint density at radius 1 is 1.30 bits per heavy atom. The SMILES string of the molecule is CC(C)CC1NC(=O)N(Cc2cc(Cl)c3c(c2)OCCO3)C1=O. The van der Waals surface area contributed by atoms with Gasteiger partial charge in [-0.3, -0.25) is 9.69 Å². The summed E-state index contributed by atoms with van der Waals surface area (Å²) in [6, 6.07) is 2.64. The molecule has 1 aromatic rings. The van der Waals surface area contributed by atoms with Gasteiger partial charge in [0.2, 0.25) is 0 Å². The molecule has 0 saturated carbocycles. The Hall–Kier alpha value is -1.95. The van der Waals surface area contributed by atoms with Gasteiger partial charge >= 0.3 is 6.03 Å². The van der Waals surface area contributed by atoms with Crippen LogP contribution in [0, 0.1) is 5.92 Å². The Morgan fingerprint density at radius 3 is 2.78 bits per heavy atom. The lowest BCUT2D eigenvalue weighted by molar-refractivity contribution is -0.128. The normalized spacial score (nSPS) is 20.2. The van der Waals surface area contributed by atoms with Crippen LogP contribution in [-0.4, -0.2) is 36.1 Å². The third-order valence-electron chi connectivity index (χ3n) is 3.81. The fraction of sp³-hybridized carbons (Fsp3) is 0.500. The average Bonchev–Trinajstić information content (AvgIpc) is 2.74. The summed E-state index contributed by atoms with van der Waals surface area (Å²) in [5, 5.41) is 3.15. The van der Waals surface area contributed by atoms with Gasteiger partial charge in [-0.25, -0.2) is 4.79 Å². The van der Waals surface area contributed by atoms with Crippen molar-refractivity contribution in [2.45, 2.75) is 32.9 Å². The Bertz CT molecular complexity index is 647. The summed E-state index contributed by atoms with van der Waals surface area (Å²) < 4.78 is 11.0. The van der Waals surface area contributed by atoms with Gasteiger partial charge in [-0.15, -0.1) is 0 Å². The summed E-state index contributed by atoms with van der Waals surface area (Å²) in [4.78, 5) is 25.7. The van der Waals surface area contributed by atoms with E-state index in [1.165, 1.54) is 4.90 Å².